The summed E-state index contributed by atoms with van der Waals surface area (Å²) in [4.78, 5) is 0. The molecular formula is C5H10BrIO. The highest BCUT2D eigenvalue weighted by Crippen LogP contribution is 2.12. The van der Waals surface area contributed by atoms with Crippen molar-refractivity contribution >= 4 is 38.5 Å². The van der Waals surface area contributed by atoms with Crippen LogP contribution in [0.4, 0.5) is 0 Å². The summed E-state index contributed by atoms with van der Waals surface area (Å²) in [5.74, 6) is 0. The first-order chi connectivity index (χ1) is 3.77. The van der Waals surface area contributed by atoms with Gasteiger partial charge in [0.05, 0.1) is 2.83 Å². The van der Waals surface area contributed by atoms with E-state index in [-0.39, 0.29) is 0 Å². The van der Waals surface area contributed by atoms with E-state index >= 15 is 0 Å². The van der Waals surface area contributed by atoms with E-state index in [1.54, 1.807) is 0 Å². The van der Waals surface area contributed by atoms with Gasteiger partial charge in [-0.15, -0.1) is 0 Å². The van der Waals surface area contributed by atoms with Gasteiger partial charge in [-0.25, -0.2) is 0 Å². The Labute approximate surface area is 72.4 Å². The van der Waals surface area contributed by atoms with E-state index in [4.69, 9.17) is 4.74 Å². The average molecular weight is 293 g/mol. The second-order valence-electron chi connectivity index (χ2n) is 1.38. The molecule has 3 heteroatoms. The van der Waals surface area contributed by atoms with Crippen LogP contribution in [0.3, 0.4) is 0 Å². The molecule has 0 heterocycles. The van der Waals surface area contributed by atoms with Crippen LogP contribution in [0, 0.1) is 0 Å². The van der Waals surface area contributed by atoms with Crippen LogP contribution in [0.5, 0.6) is 0 Å². The Morgan fingerprint density at radius 1 is 1.75 bits per heavy atom. The van der Waals surface area contributed by atoms with Crippen LogP contribution in [0.2, 0.25) is 0 Å². The number of alkyl halides is 2. The van der Waals surface area contributed by atoms with Crippen LogP contribution in [0.15, 0.2) is 0 Å². The van der Waals surface area contributed by atoms with Crippen molar-refractivity contribution in [3.63, 3.8) is 0 Å². The second kappa shape index (κ2) is 6.29. The van der Waals surface area contributed by atoms with E-state index in [2.05, 4.69) is 38.5 Å². The minimum atomic E-state index is 0.562. The van der Waals surface area contributed by atoms with Gasteiger partial charge in [0.2, 0.25) is 0 Å². The molecule has 1 unspecified atom stereocenters. The van der Waals surface area contributed by atoms with E-state index in [0.717, 1.165) is 19.6 Å². The van der Waals surface area contributed by atoms with E-state index < -0.39 is 0 Å². The Morgan fingerprint density at radius 3 is 2.75 bits per heavy atom. The first-order valence-corrected chi connectivity index (χ1v) is 4.79. The lowest BCUT2D eigenvalue weighted by Gasteiger charge is -1.99. The highest BCUT2D eigenvalue weighted by atomic mass is 127. The Kier molecular flexibility index (Phi) is 7.21. The van der Waals surface area contributed by atoms with Crippen LogP contribution < -0.4 is 0 Å². The Morgan fingerprint density at radius 2 is 2.38 bits per heavy atom. The first kappa shape index (κ1) is 9.17. The first-order valence-electron chi connectivity index (χ1n) is 2.63. The van der Waals surface area contributed by atoms with Gasteiger partial charge in [-0.1, -0.05) is 38.5 Å². The average Bonchev–Trinajstić information content (AvgIpc) is 1.66. The highest BCUT2D eigenvalue weighted by molar-refractivity contribution is 14.1. The SMILES string of the molecule is CCOCCC(Br)I. The van der Waals surface area contributed by atoms with Gasteiger partial charge in [-0.2, -0.15) is 0 Å². The van der Waals surface area contributed by atoms with Gasteiger partial charge in [-0.05, 0) is 13.3 Å². The van der Waals surface area contributed by atoms with Gasteiger partial charge in [-0.3, -0.25) is 0 Å². The number of ether oxygens (including phenoxy) is 1. The van der Waals surface area contributed by atoms with E-state index in [9.17, 15) is 0 Å². The molecule has 0 rings (SSSR count). The van der Waals surface area contributed by atoms with Crippen molar-refractivity contribution in [1.82, 2.24) is 0 Å². The number of rotatable bonds is 4. The largest absolute Gasteiger partial charge is 0.382 e. The molecule has 0 aromatic carbocycles. The Bertz CT molecular complexity index is 49.7. The molecule has 0 amide bonds. The van der Waals surface area contributed by atoms with E-state index in [1.165, 1.54) is 0 Å². The molecule has 1 nitrogen and oxygen atoms in total. The molecule has 0 radical (unpaired) electrons. The maximum atomic E-state index is 5.11. The van der Waals surface area contributed by atoms with E-state index in [0.29, 0.717) is 2.83 Å². The summed E-state index contributed by atoms with van der Waals surface area (Å²) >= 11 is 5.73. The standard InChI is InChI=1S/C5H10BrIO/c1-2-8-4-3-5(6)7/h5H,2-4H2,1H3. The third kappa shape index (κ3) is 7.17. The molecule has 0 saturated carbocycles. The zero-order chi connectivity index (χ0) is 6.41. The summed E-state index contributed by atoms with van der Waals surface area (Å²) in [6.45, 7) is 3.71. The van der Waals surface area contributed by atoms with Gasteiger partial charge >= 0.3 is 0 Å². The molecule has 0 aromatic rings. The van der Waals surface area contributed by atoms with E-state index in [1.807, 2.05) is 6.92 Å². The van der Waals surface area contributed by atoms with Crippen LogP contribution in [0.1, 0.15) is 13.3 Å². The fraction of sp³-hybridized carbons (Fsp3) is 1.00. The lowest BCUT2D eigenvalue weighted by molar-refractivity contribution is 0.148. The fourth-order valence-corrected chi connectivity index (χ4v) is 0.758. The van der Waals surface area contributed by atoms with Crippen molar-refractivity contribution in [2.75, 3.05) is 13.2 Å². The summed E-state index contributed by atoms with van der Waals surface area (Å²) in [5.41, 5.74) is 0. The molecular weight excluding hydrogens is 283 g/mol. The number of hydrogen-bond acceptors (Lipinski definition) is 1. The lowest BCUT2D eigenvalue weighted by Crippen LogP contribution is -1.96. The molecule has 1 atom stereocenters. The van der Waals surface area contributed by atoms with Crippen LogP contribution in [-0.4, -0.2) is 16.0 Å². The molecule has 0 spiro atoms. The van der Waals surface area contributed by atoms with Gasteiger partial charge in [0.25, 0.3) is 0 Å². The minimum Gasteiger partial charge on any atom is -0.382 e. The van der Waals surface area contributed by atoms with Gasteiger partial charge in [0.1, 0.15) is 0 Å². The van der Waals surface area contributed by atoms with Gasteiger partial charge < -0.3 is 4.74 Å². The maximum Gasteiger partial charge on any atom is 0.0684 e. The van der Waals surface area contributed by atoms with Crippen molar-refractivity contribution < 1.29 is 4.74 Å². The molecule has 0 bridgehead atoms. The fourth-order valence-electron chi connectivity index (χ4n) is 0.317. The summed E-state index contributed by atoms with van der Waals surface area (Å²) in [6, 6.07) is 0. The predicted molar refractivity (Wildman–Crippen MR) is 47.8 cm³/mol. The van der Waals surface area contributed by atoms with Crippen molar-refractivity contribution in [1.29, 1.82) is 0 Å². The smallest absolute Gasteiger partial charge is 0.0684 e. The molecule has 0 aliphatic rings. The third-order valence-electron chi connectivity index (χ3n) is 0.685. The molecule has 0 aromatic heterocycles. The van der Waals surface area contributed by atoms with Crippen molar-refractivity contribution in [2.45, 2.75) is 16.2 Å². The van der Waals surface area contributed by atoms with Gasteiger partial charge in [0, 0.05) is 13.2 Å². The summed E-state index contributed by atoms with van der Waals surface area (Å²) in [7, 11) is 0. The topological polar surface area (TPSA) is 9.23 Å². The number of halogens is 2. The molecule has 0 saturated heterocycles. The van der Waals surface area contributed by atoms with Crippen LogP contribution >= 0.6 is 38.5 Å². The molecule has 0 aliphatic carbocycles. The summed E-state index contributed by atoms with van der Waals surface area (Å²) < 4.78 is 5.67. The summed E-state index contributed by atoms with van der Waals surface area (Å²) in [5, 5.41) is 0. The zero-order valence-corrected chi connectivity index (χ0v) is 8.61. The highest BCUT2D eigenvalue weighted by Gasteiger charge is 1.94. The number of hydrogen-bond donors (Lipinski definition) is 0. The maximum absolute atomic E-state index is 5.11. The normalized spacial score (nSPS) is 13.9. The molecule has 8 heavy (non-hydrogen) atoms. The quantitative estimate of drug-likeness (QED) is 0.440. The zero-order valence-electron chi connectivity index (χ0n) is 4.86. The van der Waals surface area contributed by atoms with Crippen molar-refractivity contribution in [3.05, 3.63) is 0 Å². The van der Waals surface area contributed by atoms with Crippen molar-refractivity contribution in [3.8, 4) is 0 Å². The predicted octanol–water partition coefficient (Wildman–Crippen LogP) is 2.57. The third-order valence-corrected chi connectivity index (χ3v) is 1.77. The minimum absolute atomic E-state index is 0.562. The van der Waals surface area contributed by atoms with Gasteiger partial charge in [0.15, 0.2) is 0 Å². The monoisotopic (exact) mass is 292 g/mol. The molecule has 0 aliphatic heterocycles. The second-order valence-corrected chi connectivity index (χ2v) is 5.70. The van der Waals surface area contributed by atoms with Crippen molar-refractivity contribution in [2.24, 2.45) is 0 Å². The van der Waals surface area contributed by atoms with Crippen LogP contribution in [-0.2, 0) is 4.74 Å². The molecule has 0 N–H and O–H groups in total. The van der Waals surface area contributed by atoms with Crippen LogP contribution in [0.25, 0.3) is 0 Å². The Hall–Kier alpha value is 1.17. The lowest BCUT2D eigenvalue weighted by atomic mass is 10.5. The summed E-state index contributed by atoms with van der Waals surface area (Å²) in [6.07, 6.45) is 1.09. The molecule has 0 fully saturated rings. The Balaban J connectivity index is 2.72. The molecule has 50 valence electrons.